The number of amides is 3. The predicted molar refractivity (Wildman–Crippen MR) is 225 cm³/mol. The van der Waals surface area contributed by atoms with Crippen LogP contribution in [-0.2, 0) is 19.4 Å². The molecule has 3 amide bonds. The van der Waals surface area contributed by atoms with E-state index in [9.17, 15) is 22.8 Å². The van der Waals surface area contributed by atoms with Gasteiger partial charge in [0.1, 0.15) is 23.0 Å². The van der Waals surface area contributed by atoms with Crippen LogP contribution in [-0.4, -0.2) is 101 Å². The number of carbonyl (C=O) groups excluding carboxylic acids is 3. The molecular weight excluding hydrogens is 792 g/mol. The molecule has 3 N–H and O–H groups in total. The summed E-state index contributed by atoms with van der Waals surface area (Å²) in [7, 11) is -1.94. The molecule has 0 aliphatic carbocycles. The van der Waals surface area contributed by atoms with Gasteiger partial charge in [0.2, 0.25) is 17.8 Å². The minimum atomic E-state index is -3.57. The van der Waals surface area contributed by atoms with Crippen molar-refractivity contribution in [2.24, 2.45) is 0 Å². The minimum absolute atomic E-state index is 0.153. The van der Waals surface area contributed by atoms with E-state index in [4.69, 9.17) is 16.3 Å². The number of fused-ring (bicyclic) bond motifs is 1. The van der Waals surface area contributed by atoms with E-state index in [1.807, 2.05) is 30.3 Å². The summed E-state index contributed by atoms with van der Waals surface area (Å²) in [5.41, 5.74) is 4.94. The molecule has 4 aliphatic rings. The Morgan fingerprint density at radius 2 is 1.68 bits per heavy atom. The Kier molecular flexibility index (Phi) is 11.4. The highest BCUT2D eigenvalue weighted by Gasteiger charge is 2.50. The highest BCUT2D eigenvalue weighted by atomic mass is 35.5. The lowest BCUT2D eigenvalue weighted by Crippen LogP contribution is -2.61. The Balaban J connectivity index is 0.927. The normalized spacial score (nSPS) is 21.6. The van der Waals surface area contributed by atoms with Gasteiger partial charge < -0.3 is 25.2 Å². The number of methoxy groups -OCH3 is 1. The standard InChI is InChI=1S/C43H49ClN8O6S/c1-25(2)59(56,57)37-12-8-7-11-33(37)46-39-32(44)23-45-43(49-39)47-34-21-26(3)31(22-36(34)58-4)27-15-18-50(19-16-27)24-28-17-20-51(28)41-29-9-5-6-10-30(29)42(55)52(41)35-13-14-38(53)48-40(35)54/h5-12,21-23,25,27-28,35,41H,13-20,24H2,1-4H3,(H,48,53,54)(H2,45,46,47,49). The molecule has 0 spiro atoms. The lowest BCUT2D eigenvalue weighted by atomic mass is 9.86. The molecule has 0 saturated carbocycles. The number of para-hydroxylation sites is 1. The van der Waals surface area contributed by atoms with E-state index in [-0.39, 0.29) is 52.1 Å². The van der Waals surface area contributed by atoms with Gasteiger partial charge in [0, 0.05) is 36.7 Å². The Hall–Kier alpha value is -5.09. The number of imide groups is 1. The maximum Gasteiger partial charge on any atom is 0.256 e. The SMILES string of the molecule is COc1cc(C2CCN(CC3CCN3C3c4ccccc4C(=O)N3C3CCC(=O)NC3=O)CC2)c(C)cc1Nc1ncc(Cl)c(Nc2ccccc2S(=O)(=O)C(C)C)n1. The Morgan fingerprint density at radius 3 is 2.39 bits per heavy atom. The topological polar surface area (TPSA) is 166 Å². The number of halogens is 1. The lowest BCUT2D eigenvalue weighted by molar-refractivity contribution is -0.140. The molecule has 3 unspecified atom stereocenters. The molecule has 1 aromatic heterocycles. The van der Waals surface area contributed by atoms with Gasteiger partial charge in [-0.25, -0.2) is 13.4 Å². The van der Waals surface area contributed by atoms with Crippen LogP contribution in [0.2, 0.25) is 5.02 Å². The zero-order valence-corrected chi connectivity index (χ0v) is 35.1. The van der Waals surface area contributed by atoms with Crippen molar-refractivity contribution in [1.29, 1.82) is 0 Å². The van der Waals surface area contributed by atoms with Crippen LogP contribution in [0.25, 0.3) is 0 Å². The number of sulfone groups is 1. The van der Waals surface area contributed by atoms with Gasteiger partial charge in [0.05, 0.1) is 34.8 Å². The molecule has 16 heteroatoms. The van der Waals surface area contributed by atoms with Gasteiger partial charge in [-0.1, -0.05) is 41.9 Å². The Morgan fingerprint density at radius 1 is 0.932 bits per heavy atom. The Labute approximate surface area is 349 Å². The number of likely N-dealkylation sites (tertiary alicyclic amines) is 2. The highest BCUT2D eigenvalue weighted by molar-refractivity contribution is 7.92. The van der Waals surface area contributed by atoms with Gasteiger partial charge in [0.25, 0.3) is 5.91 Å². The van der Waals surface area contributed by atoms with E-state index < -0.39 is 27.0 Å². The smallest absolute Gasteiger partial charge is 0.256 e. The van der Waals surface area contributed by atoms with Crippen molar-refractivity contribution in [3.8, 4) is 5.75 Å². The monoisotopic (exact) mass is 840 g/mol. The largest absolute Gasteiger partial charge is 0.495 e. The van der Waals surface area contributed by atoms with Gasteiger partial charge in [-0.05, 0) is 107 Å². The number of ether oxygens (including phenoxy) is 1. The molecule has 3 aromatic carbocycles. The summed E-state index contributed by atoms with van der Waals surface area (Å²) in [6.45, 7) is 8.91. The number of aromatic nitrogens is 2. The summed E-state index contributed by atoms with van der Waals surface area (Å²) in [6, 6.07) is 18.0. The number of carbonyl (C=O) groups is 3. The molecule has 4 aromatic rings. The van der Waals surface area contributed by atoms with Crippen LogP contribution in [0.3, 0.4) is 0 Å². The summed E-state index contributed by atoms with van der Waals surface area (Å²) in [5.74, 6) is 0.645. The molecule has 3 atom stereocenters. The number of rotatable bonds is 12. The van der Waals surface area contributed by atoms with Crippen LogP contribution < -0.4 is 20.7 Å². The predicted octanol–water partition coefficient (Wildman–Crippen LogP) is 6.33. The zero-order chi connectivity index (χ0) is 41.6. The number of hydrogen-bond acceptors (Lipinski definition) is 12. The number of benzene rings is 3. The molecule has 0 bridgehead atoms. The minimum Gasteiger partial charge on any atom is -0.495 e. The first-order valence-corrected chi connectivity index (χ1v) is 22.1. The Bertz CT molecular complexity index is 2410. The van der Waals surface area contributed by atoms with E-state index >= 15 is 0 Å². The van der Waals surface area contributed by atoms with E-state index in [1.54, 1.807) is 50.1 Å². The molecule has 59 heavy (non-hydrogen) atoms. The second kappa shape index (κ2) is 16.5. The third-order valence-corrected chi connectivity index (χ3v) is 14.6. The molecule has 4 aliphatic heterocycles. The molecule has 14 nitrogen and oxygen atoms in total. The van der Waals surface area contributed by atoms with Crippen LogP contribution in [0.4, 0.5) is 23.1 Å². The number of anilines is 4. The third-order valence-electron chi connectivity index (χ3n) is 12.2. The van der Waals surface area contributed by atoms with Crippen molar-refractivity contribution >= 4 is 62.3 Å². The second-order valence-corrected chi connectivity index (χ2v) is 18.9. The fourth-order valence-corrected chi connectivity index (χ4v) is 10.2. The first-order chi connectivity index (χ1) is 28.3. The van der Waals surface area contributed by atoms with Gasteiger partial charge in [-0.15, -0.1) is 0 Å². The van der Waals surface area contributed by atoms with Crippen molar-refractivity contribution < 1.29 is 27.5 Å². The fourth-order valence-electron chi connectivity index (χ4n) is 8.86. The van der Waals surface area contributed by atoms with Crippen molar-refractivity contribution in [1.82, 2.24) is 30.0 Å². The van der Waals surface area contributed by atoms with Crippen LogP contribution in [0.5, 0.6) is 5.75 Å². The molecule has 310 valence electrons. The number of nitrogens with one attached hydrogen (secondary N) is 3. The maximum atomic E-state index is 13.8. The van der Waals surface area contributed by atoms with Gasteiger partial charge in [-0.2, -0.15) is 4.98 Å². The van der Waals surface area contributed by atoms with Gasteiger partial charge in [0.15, 0.2) is 15.7 Å². The number of nitrogens with zero attached hydrogens (tertiary/aromatic N) is 5. The quantitative estimate of drug-likeness (QED) is 0.136. The first kappa shape index (κ1) is 40.7. The summed E-state index contributed by atoms with van der Waals surface area (Å²) < 4.78 is 32.0. The third kappa shape index (κ3) is 7.88. The molecule has 3 saturated heterocycles. The van der Waals surface area contributed by atoms with E-state index in [0.29, 0.717) is 35.0 Å². The fraction of sp³-hybridized carbons (Fsp3) is 0.419. The average molecular weight is 841 g/mol. The average Bonchev–Trinajstić information content (AvgIpc) is 3.49. The second-order valence-electron chi connectivity index (χ2n) is 16.0. The number of aryl methyl sites for hydroxylation is 1. The van der Waals surface area contributed by atoms with Crippen molar-refractivity contribution in [2.75, 3.05) is 43.9 Å². The maximum absolute atomic E-state index is 13.8. The first-order valence-electron chi connectivity index (χ1n) is 20.2. The van der Waals surface area contributed by atoms with Crippen molar-refractivity contribution in [3.05, 3.63) is 94.1 Å². The molecule has 3 fully saturated rings. The number of hydrogen-bond donors (Lipinski definition) is 3. The zero-order valence-electron chi connectivity index (χ0n) is 33.6. The highest BCUT2D eigenvalue weighted by Crippen LogP contribution is 2.44. The van der Waals surface area contributed by atoms with Crippen molar-refractivity contribution in [2.45, 2.75) is 87.2 Å². The van der Waals surface area contributed by atoms with E-state index in [1.165, 1.54) is 11.8 Å². The van der Waals surface area contributed by atoms with E-state index in [0.717, 1.165) is 56.6 Å². The van der Waals surface area contributed by atoms with Crippen molar-refractivity contribution in [3.63, 3.8) is 0 Å². The summed E-state index contributed by atoms with van der Waals surface area (Å²) in [4.78, 5) is 54.5. The van der Waals surface area contributed by atoms with Crippen LogP contribution in [0, 0.1) is 6.92 Å². The summed E-state index contributed by atoms with van der Waals surface area (Å²) in [5, 5.41) is 8.46. The molecule has 0 radical (unpaired) electrons. The van der Waals surface area contributed by atoms with Crippen LogP contribution in [0.15, 0.2) is 71.8 Å². The summed E-state index contributed by atoms with van der Waals surface area (Å²) >= 11 is 6.49. The van der Waals surface area contributed by atoms with Crippen LogP contribution in [0.1, 0.15) is 85.1 Å². The van der Waals surface area contributed by atoms with Gasteiger partial charge in [-0.3, -0.25) is 24.6 Å². The lowest BCUT2D eigenvalue weighted by Gasteiger charge is -2.51. The summed E-state index contributed by atoms with van der Waals surface area (Å²) in [6.07, 6.45) is 4.61. The molecule has 5 heterocycles. The van der Waals surface area contributed by atoms with E-state index in [2.05, 4.69) is 48.7 Å². The van der Waals surface area contributed by atoms with Crippen LogP contribution >= 0.6 is 11.6 Å². The molecule has 8 rings (SSSR count). The molecular formula is C43H49ClN8O6S. The number of piperidine rings is 2. The van der Waals surface area contributed by atoms with Gasteiger partial charge >= 0.3 is 0 Å².